The molecule has 0 aliphatic carbocycles. The van der Waals surface area contributed by atoms with Gasteiger partial charge < -0.3 is 14.6 Å². The van der Waals surface area contributed by atoms with Crippen LogP contribution in [-0.4, -0.2) is 35.8 Å². The molecule has 2 rings (SSSR count). The quantitative estimate of drug-likeness (QED) is 0.676. The van der Waals surface area contributed by atoms with E-state index in [9.17, 15) is 19.5 Å². The van der Waals surface area contributed by atoms with E-state index in [1.807, 2.05) is 0 Å². The largest absolute Gasteiger partial charge is 0.502 e. The molecule has 8 heteroatoms. The van der Waals surface area contributed by atoms with Crippen LogP contribution in [0, 0.1) is 13.5 Å². The van der Waals surface area contributed by atoms with E-state index in [0.29, 0.717) is 5.56 Å². The first kappa shape index (κ1) is 17.7. The van der Waals surface area contributed by atoms with Crippen molar-refractivity contribution < 1.29 is 24.2 Å². The molecule has 8 nitrogen and oxygen atoms in total. The molecule has 1 heterocycles. The van der Waals surface area contributed by atoms with Crippen molar-refractivity contribution in [1.82, 2.24) is 4.57 Å². The van der Waals surface area contributed by atoms with Crippen LogP contribution in [-0.2, 0) is 9.47 Å². The Bertz CT molecular complexity index is 934. The SMILES string of the molecule is [C-]#[N+]c1c(C)cc(=O)n(-c2cc(C(=O)OC)cc(C(=O)OC)c2)c1O. The van der Waals surface area contributed by atoms with Gasteiger partial charge in [-0.25, -0.2) is 14.4 Å². The van der Waals surface area contributed by atoms with Crippen LogP contribution in [0.3, 0.4) is 0 Å². The second-order valence-electron chi connectivity index (χ2n) is 5.04. The fraction of sp³-hybridized carbons (Fsp3) is 0.176. The predicted octanol–water partition coefficient (Wildman–Crippen LogP) is 1.98. The van der Waals surface area contributed by atoms with Crippen LogP contribution in [0.2, 0.25) is 0 Å². The van der Waals surface area contributed by atoms with Crippen LogP contribution in [0.5, 0.6) is 5.88 Å². The molecule has 0 saturated heterocycles. The van der Waals surface area contributed by atoms with Crippen molar-refractivity contribution in [2.75, 3.05) is 14.2 Å². The van der Waals surface area contributed by atoms with Crippen molar-refractivity contribution in [2.24, 2.45) is 0 Å². The normalized spacial score (nSPS) is 10.0. The first-order valence-electron chi connectivity index (χ1n) is 6.99. The third kappa shape index (κ3) is 3.21. The number of rotatable bonds is 3. The number of aromatic nitrogens is 1. The Labute approximate surface area is 142 Å². The summed E-state index contributed by atoms with van der Waals surface area (Å²) in [7, 11) is 2.33. The van der Waals surface area contributed by atoms with Gasteiger partial charge in [-0.05, 0) is 36.8 Å². The highest BCUT2D eigenvalue weighted by molar-refractivity contribution is 5.96. The minimum Gasteiger partial charge on any atom is -0.502 e. The van der Waals surface area contributed by atoms with E-state index in [1.54, 1.807) is 0 Å². The van der Waals surface area contributed by atoms with Gasteiger partial charge in [0.25, 0.3) is 5.56 Å². The van der Waals surface area contributed by atoms with Gasteiger partial charge >= 0.3 is 11.9 Å². The van der Waals surface area contributed by atoms with Crippen molar-refractivity contribution in [2.45, 2.75) is 6.92 Å². The van der Waals surface area contributed by atoms with Crippen molar-refractivity contribution in [3.8, 4) is 11.6 Å². The lowest BCUT2D eigenvalue weighted by atomic mass is 10.1. The molecule has 0 aliphatic heterocycles. The standard InChI is InChI=1S/C17H14N2O6/c1-9-5-13(20)19(15(21)14(9)18-2)12-7-10(16(22)24-3)6-11(8-12)17(23)25-4/h5-8,21H,1,3-4H3. The van der Waals surface area contributed by atoms with Gasteiger partial charge in [0, 0.05) is 0 Å². The summed E-state index contributed by atoms with van der Waals surface area (Å²) in [6.45, 7) is 8.65. The number of ether oxygens (including phenoxy) is 2. The fourth-order valence-corrected chi connectivity index (χ4v) is 2.30. The molecule has 0 atom stereocenters. The molecule has 128 valence electrons. The zero-order valence-corrected chi connectivity index (χ0v) is 13.7. The van der Waals surface area contributed by atoms with Gasteiger partial charge in [-0.3, -0.25) is 9.36 Å². The van der Waals surface area contributed by atoms with E-state index in [0.717, 1.165) is 4.57 Å². The maximum atomic E-state index is 12.3. The smallest absolute Gasteiger partial charge is 0.337 e. The first-order chi connectivity index (χ1) is 11.8. The molecule has 1 aromatic heterocycles. The molecule has 0 radical (unpaired) electrons. The molecule has 0 unspecified atom stereocenters. The lowest BCUT2D eigenvalue weighted by molar-refractivity contribution is 0.0599. The molecule has 0 fully saturated rings. The van der Waals surface area contributed by atoms with Crippen LogP contribution in [0.15, 0.2) is 29.1 Å². The molecule has 2 aromatic rings. The lowest BCUT2D eigenvalue weighted by Gasteiger charge is -2.13. The highest BCUT2D eigenvalue weighted by atomic mass is 16.5. The number of aryl methyl sites for hydroxylation is 1. The number of carbonyl (C=O) groups excluding carboxylic acids is 2. The second-order valence-corrected chi connectivity index (χ2v) is 5.04. The number of nitrogens with zero attached hydrogens (tertiary/aromatic N) is 2. The van der Waals surface area contributed by atoms with Crippen molar-refractivity contribution in [3.63, 3.8) is 0 Å². The van der Waals surface area contributed by atoms with Crippen LogP contribution < -0.4 is 5.56 Å². The summed E-state index contributed by atoms with van der Waals surface area (Å²) in [5.74, 6) is -2.06. The van der Waals surface area contributed by atoms with E-state index in [-0.39, 0.29) is 22.5 Å². The molecular weight excluding hydrogens is 328 g/mol. The van der Waals surface area contributed by atoms with E-state index in [2.05, 4.69) is 14.3 Å². The van der Waals surface area contributed by atoms with Gasteiger partial charge in [-0.1, -0.05) is 0 Å². The van der Waals surface area contributed by atoms with Gasteiger partial charge in [-0.2, -0.15) is 0 Å². The average Bonchev–Trinajstić information content (AvgIpc) is 2.59. The summed E-state index contributed by atoms with van der Waals surface area (Å²) >= 11 is 0. The maximum absolute atomic E-state index is 12.3. The maximum Gasteiger partial charge on any atom is 0.337 e. The van der Waals surface area contributed by atoms with E-state index < -0.39 is 23.4 Å². The Morgan fingerprint density at radius 2 is 1.60 bits per heavy atom. The van der Waals surface area contributed by atoms with Gasteiger partial charge in [0.15, 0.2) is 0 Å². The Kier molecular flexibility index (Phi) is 4.89. The van der Waals surface area contributed by atoms with Crippen LogP contribution >= 0.6 is 0 Å². The number of pyridine rings is 1. The summed E-state index contributed by atoms with van der Waals surface area (Å²) in [5, 5.41) is 10.3. The van der Waals surface area contributed by atoms with Gasteiger partial charge in [0.05, 0.1) is 37.6 Å². The Morgan fingerprint density at radius 1 is 1.08 bits per heavy atom. The molecule has 0 spiro atoms. The van der Waals surface area contributed by atoms with Crippen LogP contribution in [0.25, 0.3) is 10.5 Å². The van der Waals surface area contributed by atoms with Gasteiger partial charge in [0.2, 0.25) is 11.6 Å². The fourth-order valence-electron chi connectivity index (χ4n) is 2.30. The summed E-state index contributed by atoms with van der Waals surface area (Å²) in [6.07, 6.45) is 0. The monoisotopic (exact) mass is 342 g/mol. The predicted molar refractivity (Wildman–Crippen MR) is 87.4 cm³/mol. The topological polar surface area (TPSA) is 99.2 Å². The highest BCUT2D eigenvalue weighted by Gasteiger charge is 2.19. The molecule has 0 amide bonds. The average molecular weight is 342 g/mol. The molecule has 0 aliphatic rings. The second kappa shape index (κ2) is 6.88. The number of aromatic hydroxyl groups is 1. The number of benzene rings is 1. The summed E-state index contributed by atoms with van der Waals surface area (Å²) in [4.78, 5) is 39.2. The molecular formula is C17H14N2O6. The third-order valence-corrected chi connectivity index (χ3v) is 3.49. The molecule has 0 bridgehead atoms. The van der Waals surface area contributed by atoms with Crippen LogP contribution in [0.4, 0.5) is 5.69 Å². The molecule has 0 saturated carbocycles. The summed E-state index contributed by atoms with van der Waals surface area (Å²) < 4.78 is 10.1. The van der Waals surface area contributed by atoms with Crippen LogP contribution in [0.1, 0.15) is 26.3 Å². The number of esters is 2. The molecule has 1 aromatic carbocycles. The van der Waals surface area contributed by atoms with E-state index in [1.165, 1.54) is 45.4 Å². The third-order valence-electron chi connectivity index (χ3n) is 3.49. The Hall–Kier alpha value is -3.60. The number of carbonyl (C=O) groups is 2. The van der Waals surface area contributed by atoms with E-state index >= 15 is 0 Å². The summed E-state index contributed by atoms with van der Waals surface area (Å²) in [5.41, 5.74) is -0.432. The summed E-state index contributed by atoms with van der Waals surface area (Å²) in [6, 6.07) is 4.95. The van der Waals surface area contributed by atoms with Gasteiger partial charge in [-0.15, -0.1) is 0 Å². The highest BCUT2D eigenvalue weighted by Crippen LogP contribution is 2.31. The number of methoxy groups -OCH3 is 2. The Morgan fingerprint density at radius 3 is 2.04 bits per heavy atom. The van der Waals surface area contributed by atoms with Gasteiger partial charge in [0.1, 0.15) is 0 Å². The van der Waals surface area contributed by atoms with Crippen molar-refractivity contribution in [3.05, 3.63) is 62.7 Å². The minimum atomic E-state index is -0.739. The zero-order valence-electron chi connectivity index (χ0n) is 13.7. The zero-order chi connectivity index (χ0) is 18.7. The molecule has 1 N–H and O–H groups in total. The lowest BCUT2D eigenvalue weighted by Crippen LogP contribution is -2.19. The number of hydrogen-bond donors (Lipinski definition) is 1. The Balaban J connectivity index is 2.84. The van der Waals surface area contributed by atoms with Crippen molar-refractivity contribution in [1.29, 1.82) is 0 Å². The minimum absolute atomic E-state index is 0.0170. The molecule has 25 heavy (non-hydrogen) atoms. The van der Waals surface area contributed by atoms with Crippen molar-refractivity contribution >= 4 is 17.6 Å². The first-order valence-corrected chi connectivity index (χ1v) is 6.99. The van der Waals surface area contributed by atoms with E-state index in [4.69, 9.17) is 6.57 Å². The number of hydrogen-bond acceptors (Lipinski definition) is 6.